The zero-order chi connectivity index (χ0) is 11.8. The van der Waals surface area contributed by atoms with Gasteiger partial charge in [0.05, 0.1) is 12.7 Å². The van der Waals surface area contributed by atoms with Crippen LogP contribution in [0.25, 0.3) is 0 Å². The minimum Gasteiger partial charge on any atom is -0.494 e. The van der Waals surface area contributed by atoms with Gasteiger partial charge in [0.25, 0.3) is 0 Å². The fraction of sp³-hybridized carbons (Fsp3) is 0.500. The first-order chi connectivity index (χ1) is 7.52. The molecule has 1 heterocycles. The molecule has 1 fully saturated rings. The van der Waals surface area contributed by atoms with E-state index < -0.39 is 5.60 Å². The van der Waals surface area contributed by atoms with Crippen LogP contribution in [-0.2, 0) is 6.54 Å². The van der Waals surface area contributed by atoms with Crippen LogP contribution in [0, 0.1) is 5.82 Å². The van der Waals surface area contributed by atoms with Crippen LogP contribution in [0.1, 0.15) is 12.5 Å². The van der Waals surface area contributed by atoms with Gasteiger partial charge in [-0.15, -0.1) is 0 Å². The van der Waals surface area contributed by atoms with Gasteiger partial charge in [-0.25, -0.2) is 4.39 Å². The first-order valence-electron chi connectivity index (χ1n) is 5.28. The van der Waals surface area contributed by atoms with Gasteiger partial charge in [-0.2, -0.15) is 0 Å². The molecule has 0 atom stereocenters. The lowest BCUT2D eigenvalue weighted by Crippen LogP contribution is -2.59. The van der Waals surface area contributed by atoms with Crippen molar-refractivity contribution in [2.45, 2.75) is 19.1 Å². The van der Waals surface area contributed by atoms with Crippen LogP contribution < -0.4 is 4.74 Å². The molecule has 0 saturated carbocycles. The Morgan fingerprint density at radius 1 is 1.50 bits per heavy atom. The molecule has 16 heavy (non-hydrogen) atoms. The molecule has 0 amide bonds. The fourth-order valence-electron chi connectivity index (χ4n) is 2.11. The highest BCUT2D eigenvalue weighted by Crippen LogP contribution is 2.26. The maximum Gasteiger partial charge on any atom is 0.169 e. The van der Waals surface area contributed by atoms with Crippen LogP contribution in [0.4, 0.5) is 4.39 Å². The summed E-state index contributed by atoms with van der Waals surface area (Å²) in [5, 5.41) is 9.57. The zero-order valence-electron chi connectivity index (χ0n) is 9.53. The Kier molecular flexibility index (Phi) is 2.86. The number of β-amino-alcohol motifs (C(OH)–C–C–N with tert-alkyl or cyclic N) is 1. The number of aliphatic hydroxyl groups is 1. The van der Waals surface area contributed by atoms with Crippen molar-refractivity contribution in [3.05, 3.63) is 29.6 Å². The number of benzene rings is 1. The zero-order valence-corrected chi connectivity index (χ0v) is 9.53. The third-order valence-electron chi connectivity index (χ3n) is 2.79. The average Bonchev–Trinajstić information content (AvgIpc) is 2.18. The molecule has 3 nitrogen and oxygen atoms in total. The molecule has 1 N–H and O–H groups in total. The van der Waals surface area contributed by atoms with Crippen LogP contribution in [0.3, 0.4) is 0 Å². The summed E-state index contributed by atoms with van der Waals surface area (Å²) in [5.41, 5.74) is -0.00939. The highest BCUT2D eigenvalue weighted by atomic mass is 19.1. The predicted molar refractivity (Wildman–Crippen MR) is 58.9 cm³/mol. The molecule has 1 aromatic carbocycles. The highest BCUT2D eigenvalue weighted by molar-refractivity contribution is 5.31. The summed E-state index contributed by atoms with van der Waals surface area (Å²) < 4.78 is 18.7. The Morgan fingerprint density at radius 3 is 2.75 bits per heavy atom. The van der Waals surface area contributed by atoms with Crippen LogP contribution in [0.5, 0.6) is 5.75 Å². The van der Waals surface area contributed by atoms with E-state index in [1.165, 1.54) is 7.11 Å². The van der Waals surface area contributed by atoms with Gasteiger partial charge in [0, 0.05) is 25.2 Å². The van der Waals surface area contributed by atoms with E-state index >= 15 is 0 Å². The summed E-state index contributed by atoms with van der Waals surface area (Å²) in [5.74, 6) is -0.0404. The van der Waals surface area contributed by atoms with E-state index in [0.29, 0.717) is 25.2 Å². The van der Waals surface area contributed by atoms with Crippen LogP contribution >= 0.6 is 0 Å². The third kappa shape index (κ3) is 2.18. The van der Waals surface area contributed by atoms with Crippen molar-refractivity contribution in [2.75, 3.05) is 20.2 Å². The lowest BCUT2D eigenvalue weighted by molar-refractivity contribution is -0.0874. The van der Waals surface area contributed by atoms with Gasteiger partial charge < -0.3 is 9.84 Å². The third-order valence-corrected chi connectivity index (χ3v) is 2.79. The van der Waals surface area contributed by atoms with E-state index in [1.807, 2.05) is 4.90 Å². The number of ether oxygens (including phenoxy) is 1. The molecule has 1 aromatic rings. The molecular formula is C12H16FNO2. The first-order valence-corrected chi connectivity index (χ1v) is 5.28. The van der Waals surface area contributed by atoms with Crippen molar-refractivity contribution in [2.24, 2.45) is 0 Å². The van der Waals surface area contributed by atoms with Crippen molar-refractivity contribution < 1.29 is 14.2 Å². The summed E-state index contributed by atoms with van der Waals surface area (Å²) in [4.78, 5) is 2.00. The van der Waals surface area contributed by atoms with Gasteiger partial charge in [0.2, 0.25) is 0 Å². The van der Waals surface area contributed by atoms with E-state index in [-0.39, 0.29) is 11.6 Å². The normalized spacial score (nSPS) is 19.2. The van der Waals surface area contributed by atoms with E-state index in [2.05, 4.69) is 0 Å². The topological polar surface area (TPSA) is 32.7 Å². The van der Waals surface area contributed by atoms with E-state index in [9.17, 15) is 9.50 Å². The minimum atomic E-state index is -0.616. The standard InChI is InChI=1S/C12H16FNO2/c1-12(15)7-14(8-12)6-9-4-3-5-10(16-2)11(9)13/h3-5,15H,6-8H2,1-2H3. The summed E-state index contributed by atoms with van der Waals surface area (Å²) >= 11 is 0. The summed E-state index contributed by atoms with van der Waals surface area (Å²) in [7, 11) is 1.45. The smallest absolute Gasteiger partial charge is 0.169 e. The maximum atomic E-state index is 13.8. The lowest BCUT2D eigenvalue weighted by Gasteiger charge is -2.44. The Balaban J connectivity index is 2.05. The molecule has 0 aliphatic carbocycles. The molecule has 4 heteroatoms. The van der Waals surface area contributed by atoms with Crippen LogP contribution in [0.2, 0.25) is 0 Å². The quantitative estimate of drug-likeness (QED) is 0.844. The number of halogens is 1. The van der Waals surface area contributed by atoms with Gasteiger partial charge in [-0.05, 0) is 13.0 Å². The second kappa shape index (κ2) is 4.03. The minimum absolute atomic E-state index is 0.268. The molecule has 1 aliphatic rings. The molecule has 88 valence electrons. The summed E-state index contributed by atoms with van der Waals surface area (Å²) in [6, 6.07) is 5.12. The molecular weight excluding hydrogens is 209 g/mol. The van der Waals surface area contributed by atoms with Gasteiger partial charge in [-0.1, -0.05) is 12.1 Å². The lowest BCUT2D eigenvalue weighted by atomic mass is 9.96. The molecule has 0 unspecified atom stereocenters. The van der Waals surface area contributed by atoms with Crippen molar-refractivity contribution in [1.82, 2.24) is 4.90 Å². The van der Waals surface area contributed by atoms with Crippen LogP contribution in [-0.4, -0.2) is 35.8 Å². The Hall–Kier alpha value is -1.13. The molecule has 1 saturated heterocycles. The van der Waals surface area contributed by atoms with E-state index in [0.717, 1.165) is 0 Å². The largest absolute Gasteiger partial charge is 0.494 e. The second-order valence-electron chi connectivity index (χ2n) is 4.58. The molecule has 0 bridgehead atoms. The SMILES string of the molecule is COc1cccc(CN2CC(C)(O)C2)c1F. The average molecular weight is 225 g/mol. The molecule has 1 aliphatic heterocycles. The monoisotopic (exact) mass is 225 g/mol. The number of nitrogens with zero attached hydrogens (tertiary/aromatic N) is 1. The van der Waals surface area contributed by atoms with Gasteiger partial charge in [-0.3, -0.25) is 4.90 Å². The van der Waals surface area contributed by atoms with Crippen molar-refractivity contribution in [1.29, 1.82) is 0 Å². The second-order valence-corrected chi connectivity index (χ2v) is 4.58. The Bertz CT molecular complexity index is 385. The van der Waals surface area contributed by atoms with Gasteiger partial charge >= 0.3 is 0 Å². The number of hydrogen-bond donors (Lipinski definition) is 1. The van der Waals surface area contributed by atoms with E-state index in [1.54, 1.807) is 25.1 Å². The highest BCUT2D eigenvalue weighted by Gasteiger charge is 2.36. The molecule has 0 radical (unpaired) electrons. The fourth-order valence-corrected chi connectivity index (χ4v) is 2.11. The number of likely N-dealkylation sites (tertiary alicyclic amines) is 1. The molecule has 0 aromatic heterocycles. The Morgan fingerprint density at radius 2 is 2.19 bits per heavy atom. The maximum absolute atomic E-state index is 13.8. The van der Waals surface area contributed by atoms with Gasteiger partial charge in [0.15, 0.2) is 11.6 Å². The number of rotatable bonds is 3. The van der Waals surface area contributed by atoms with Crippen molar-refractivity contribution in [3.63, 3.8) is 0 Å². The molecule has 0 spiro atoms. The van der Waals surface area contributed by atoms with Crippen molar-refractivity contribution >= 4 is 0 Å². The van der Waals surface area contributed by atoms with Crippen molar-refractivity contribution in [3.8, 4) is 5.75 Å². The predicted octanol–water partition coefficient (Wildman–Crippen LogP) is 1.40. The van der Waals surface area contributed by atoms with E-state index in [4.69, 9.17) is 4.74 Å². The number of methoxy groups -OCH3 is 1. The summed E-state index contributed by atoms with van der Waals surface area (Å²) in [6.45, 7) is 3.47. The number of hydrogen-bond acceptors (Lipinski definition) is 3. The van der Waals surface area contributed by atoms with Crippen LogP contribution in [0.15, 0.2) is 18.2 Å². The van der Waals surface area contributed by atoms with Gasteiger partial charge in [0.1, 0.15) is 0 Å². The summed E-state index contributed by atoms with van der Waals surface area (Å²) in [6.07, 6.45) is 0. The molecule has 2 rings (SSSR count). The first kappa shape index (κ1) is 11.4. The Labute approximate surface area is 94.4 Å².